The van der Waals surface area contributed by atoms with Crippen molar-refractivity contribution in [2.45, 2.75) is 50.9 Å². The van der Waals surface area contributed by atoms with Crippen LogP contribution >= 0.6 is 0 Å². The molecule has 1 amide bonds. The van der Waals surface area contributed by atoms with Gasteiger partial charge < -0.3 is 24.5 Å². The van der Waals surface area contributed by atoms with E-state index in [-0.39, 0.29) is 19.1 Å². The van der Waals surface area contributed by atoms with Crippen LogP contribution in [0.1, 0.15) is 31.0 Å². The number of nitrogens with zero attached hydrogens (tertiary/aromatic N) is 1. The summed E-state index contributed by atoms with van der Waals surface area (Å²) in [5.74, 6) is -1.15. The summed E-state index contributed by atoms with van der Waals surface area (Å²) < 4.78 is 19.7. The second-order valence-corrected chi connectivity index (χ2v) is 9.35. The number of para-hydroxylation sites is 1. The third kappa shape index (κ3) is 4.60. The number of carbonyl (C=O) groups is 1. The van der Waals surface area contributed by atoms with E-state index in [1.165, 1.54) is 16.8 Å². The van der Waals surface area contributed by atoms with Crippen LogP contribution in [0.3, 0.4) is 0 Å². The Hall–Kier alpha value is -3.47. The zero-order valence-electron chi connectivity index (χ0n) is 19.7. The Morgan fingerprint density at radius 1 is 1.23 bits per heavy atom. The lowest BCUT2D eigenvalue weighted by atomic mass is 9.97. The van der Waals surface area contributed by atoms with Gasteiger partial charge in [0, 0.05) is 41.5 Å². The molecule has 184 valence electrons. The quantitative estimate of drug-likeness (QED) is 0.476. The van der Waals surface area contributed by atoms with E-state index in [0.717, 1.165) is 16.5 Å². The molecule has 2 fully saturated rings. The number of hydrogen-bond donors (Lipinski definition) is 3. The Labute approximate surface area is 200 Å². The summed E-state index contributed by atoms with van der Waals surface area (Å²) in [5.41, 5.74) is 1.38. The van der Waals surface area contributed by atoms with E-state index in [9.17, 15) is 14.4 Å². The van der Waals surface area contributed by atoms with Gasteiger partial charge in [-0.05, 0) is 38.5 Å². The normalized spacial score (nSPS) is 25.7. The maximum Gasteiger partial charge on any atom is 0.328 e. The molecule has 2 saturated heterocycles. The van der Waals surface area contributed by atoms with Crippen molar-refractivity contribution in [3.05, 3.63) is 74.7 Å². The van der Waals surface area contributed by atoms with Crippen molar-refractivity contribution >= 4 is 22.9 Å². The largest absolute Gasteiger partial charge is 0.371 e. The second kappa shape index (κ2) is 8.95. The van der Waals surface area contributed by atoms with Crippen molar-refractivity contribution in [1.29, 1.82) is 0 Å². The average molecular weight is 481 g/mol. The highest BCUT2D eigenvalue weighted by Gasteiger charge is 2.52. The molecule has 4 atom stereocenters. The van der Waals surface area contributed by atoms with Gasteiger partial charge in [0.15, 0.2) is 5.79 Å². The monoisotopic (exact) mass is 480 g/mol. The number of aromatic nitrogens is 3. The van der Waals surface area contributed by atoms with Gasteiger partial charge in [-0.15, -0.1) is 0 Å². The van der Waals surface area contributed by atoms with Crippen molar-refractivity contribution < 1.29 is 19.0 Å². The molecule has 1 aromatic carbocycles. The predicted molar refractivity (Wildman–Crippen MR) is 129 cm³/mol. The van der Waals surface area contributed by atoms with E-state index in [1.807, 2.05) is 30.5 Å². The summed E-state index contributed by atoms with van der Waals surface area (Å²) in [6.45, 7) is 5.60. The van der Waals surface area contributed by atoms with Gasteiger partial charge in [-0.25, -0.2) is 4.79 Å². The number of amides is 1. The van der Waals surface area contributed by atoms with Gasteiger partial charge >= 0.3 is 5.69 Å². The molecule has 0 spiro atoms. The third-order valence-electron chi connectivity index (χ3n) is 6.41. The van der Waals surface area contributed by atoms with Crippen molar-refractivity contribution in [1.82, 2.24) is 19.9 Å². The topological polar surface area (TPSA) is 127 Å². The number of aryl methyl sites for hydroxylation is 1. The minimum atomic E-state index is -0.889. The van der Waals surface area contributed by atoms with E-state index < -0.39 is 41.4 Å². The summed E-state index contributed by atoms with van der Waals surface area (Å²) in [6, 6.07) is 7.38. The fourth-order valence-corrected chi connectivity index (χ4v) is 4.72. The molecule has 0 saturated carbocycles. The van der Waals surface area contributed by atoms with Crippen molar-refractivity contribution in [3.8, 4) is 0 Å². The first-order chi connectivity index (χ1) is 16.7. The summed E-state index contributed by atoms with van der Waals surface area (Å²) >= 11 is 0. The zero-order chi connectivity index (χ0) is 24.7. The molecule has 5 rings (SSSR count). The fraction of sp³-hybridized carbons (Fsp3) is 0.400. The molecule has 35 heavy (non-hydrogen) atoms. The van der Waals surface area contributed by atoms with Gasteiger partial charge in [-0.3, -0.25) is 19.1 Å². The standard InChI is InChI=1S/C25H28N4O6/c1-14-12-29(24(32)28-23(14)31)18-13-33-19(22-21(18)34-25(2,3)35-22)11-27-20(30)9-8-15-10-26-17-7-5-4-6-16(15)17/h4-10,12,18-19,21-22,26H,11,13H2,1-3H3,(H,27,30)(H,28,31,32)/b9-8+/t18-,19-,21-,22+/m1/s1. The first-order valence-corrected chi connectivity index (χ1v) is 11.5. The Kier molecular flexibility index (Phi) is 5.96. The van der Waals surface area contributed by atoms with Gasteiger partial charge in [0.05, 0.1) is 12.6 Å². The molecule has 0 aliphatic carbocycles. The van der Waals surface area contributed by atoms with E-state index >= 15 is 0 Å². The highest BCUT2D eigenvalue weighted by atomic mass is 16.8. The molecule has 4 heterocycles. The van der Waals surface area contributed by atoms with Gasteiger partial charge in [0.25, 0.3) is 5.56 Å². The Bertz CT molecular complexity index is 1400. The molecule has 3 aromatic rings. The highest BCUT2D eigenvalue weighted by Crippen LogP contribution is 2.39. The van der Waals surface area contributed by atoms with E-state index in [2.05, 4.69) is 15.3 Å². The molecule has 2 aromatic heterocycles. The predicted octanol–water partition coefficient (Wildman–Crippen LogP) is 1.62. The van der Waals surface area contributed by atoms with E-state index in [1.54, 1.807) is 26.8 Å². The second-order valence-electron chi connectivity index (χ2n) is 9.35. The molecule has 10 heteroatoms. The van der Waals surface area contributed by atoms with Crippen LogP contribution in [0, 0.1) is 6.92 Å². The number of fused-ring (bicyclic) bond motifs is 2. The van der Waals surface area contributed by atoms with Crippen molar-refractivity contribution in [2.75, 3.05) is 13.2 Å². The average Bonchev–Trinajstić information content (AvgIpc) is 3.38. The van der Waals surface area contributed by atoms with Crippen LogP contribution in [0.25, 0.3) is 17.0 Å². The molecular weight excluding hydrogens is 452 g/mol. The van der Waals surface area contributed by atoms with E-state index in [4.69, 9.17) is 14.2 Å². The van der Waals surface area contributed by atoms with Gasteiger partial charge in [0.1, 0.15) is 18.3 Å². The van der Waals surface area contributed by atoms with Gasteiger partial charge in [-0.1, -0.05) is 18.2 Å². The van der Waals surface area contributed by atoms with Gasteiger partial charge in [-0.2, -0.15) is 0 Å². The van der Waals surface area contributed by atoms with Crippen LogP contribution in [0.5, 0.6) is 0 Å². The molecular formula is C25H28N4O6. The minimum Gasteiger partial charge on any atom is -0.371 e. The van der Waals surface area contributed by atoms with Gasteiger partial charge in [0.2, 0.25) is 5.91 Å². The van der Waals surface area contributed by atoms with E-state index in [0.29, 0.717) is 5.56 Å². The van der Waals surface area contributed by atoms with Crippen LogP contribution in [0.2, 0.25) is 0 Å². The van der Waals surface area contributed by atoms with Crippen LogP contribution in [-0.4, -0.2) is 57.7 Å². The Morgan fingerprint density at radius 2 is 2.00 bits per heavy atom. The lowest BCUT2D eigenvalue weighted by Gasteiger charge is -2.37. The van der Waals surface area contributed by atoms with Crippen LogP contribution in [-0.2, 0) is 19.0 Å². The lowest BCUT2D eigenvalue weighted by molar-refractivity contribution is -0.153. The summed E-state index contributed by atoms with van der Waals surface area (Å²) in [6.07, 6.45) is 5.14. The van der Waals surface area contributed by atoms with Crippen LogP contribution in [0.15, 0.2) is 52.3 Å². The molecule has 0 radical (unpaired) electrons. The third-order valence-corrected chi connectivity index (χ3v) is 6.41. The van der Waals surface area contributed by atoms with Crippen molar-refractivity contribution in [3.63, 3.8) is 0 Å². The number of nitrogens with one attached hydrogen (secondary N) is 3. The highest BCUT2D eigenvalue weighted by molar-refractivity contribution is 5.96. The number of carbonyl (C=O) groups excluding carboxylic acids is 1. The molecule has 10 nitrogen and oxygen atoms in total. The first-order valence-electron chi connectivity index (χ1n) is 11.5. The maximum absolute atomic E-state index is 12.5. The van der Waals surface area contributed by atoms with Crippen LogP contribution < -0.4 is 16.6 Å². The molecule has 0 bridgehead atoms. The summed E-state index contributed by atoms with van der Waals surface area (Å²) in [7, 11) is 0. The van der Waals surface area contributed by atoms with Crippen LogP contribution in [0.4, 0.5) is 0 Å². The molecule has 0 unspecified atom stereocenters. The SMILES string of the molecule is Cc1cn([C@@H]2CO[C@H](CNC(=O)/C=C/c3c[nH]c4ccccc34)[C@@H]3OC(C)(C)O[C@@H]32)c(=O)[nH]c1=O. The van der Waals surface area contributed by atoms with Crippen molar-refractivity contribution in [2.24, 2.45) is 0 Å². The zero-order valence-corrected chi connectivity index (χ0v) is 19.7. The smallest absolute Gasteiger partial charge is 0.328 e. The molecule has 3 N–H and O–H groups in total. The fourth-order valence-electron chi connectivity index (χ4n) is 4.72. The number of ether oxygens (including phenoxy) is 3. The maximum atomic E-state index is 12.5. The number of aromatic amines is 2. The number of benzene rings is 1. The lowest BCUT2D eigenvalue weighted by Crippen LogP contribution is -2.54. The first kappa shape index (κ1) is 23.3. The molecule has 2 aliphatic heterocycles. The Balaban J connectivity index is 1.28. The molecule has 2 aliphatic rings. The summed E-state index contributed by atoms with van der Waals surface area (Å²) in [4.78, 5) is 42.3. The number of rotatable bonds is 5. The number of hydrogen-bond acceptors (Lipinski definition) is 6. The summed E-state index contributed by atoms with van der Waals surface area (Å²) in [5, 5.41) is 3.91. The Morgan fingerprint density at radius 3 is 2.83 bits per heavy atom. The number of H-pyrrole nitrogens is 2. The minimum absolute atomic E-state index is 0.164.